The maximum absolute atomic E-state index is 2.82. The van der Waals surface area contributed by atoms with E-state index in [9.17, 15) is 0 Å². The predicted octanol–water partition coefficient (Wildman–Crippen LogP) is 3.55. The molecule has 2 saturated heterocycles. The molecule has 1 aliphatic carbocycles. The van der Waals surface area contributed by atoms with Crippen molar-refractivity contribution in [1.29, 1.82) is 0 Å². The molecule has 0 radical (unpaired) electrons. The molecule has 3 fully saturated rings. The third-order valence-corrected chi connectivity index (χ3v) is 5.97. The Hall–Kier alpha value is -0.860. The molecule has 4 unspecified atom stereocenters. The van der Waals surface area contributed by atoms with Gasteiger partial charge in [0.25, 0.3) is 0 Å². The summed E-state index contributed by atoms with van der Waals surface area (Å²) in [5, 5.41) is 0. The molecule has 3 aliphatic rings. The number of piperazine rings is 1. The van der Waals surface area contributed by atoms with Crippen LogP contribution in [0.2, 0.25) is 0 Å². The molecule has 0 bridgehead atoms. The molecule has 2 heterocycles. The van der Waals surface area contributed by atoms with E-state index in [-0.39, 0.29) is 0 Å². The van der Waals surface area contributed by atoms with Crippen LogP contribution in [0, 0.1) is 11.8 Å². The van der Waals surface area contributed by atoms with Crippen LogP contribution in [0.15, 0.2) is 30.3 Å². The average molecular weight is 284 g/mol. The van der Waals surface area contributed by atoms with E-state index in [0.29, 0.717) is 6.04 Å². The van der Waals surface area contributed by atoms with Gasteiger partial charge in [-0.25, -0.2) is 0 Å². The topological polar surface area (TPSA) is 6.48 Å². The number of hydrogen-bond donors (Lipinski definition) is 0. The summed E-state index contributed by atoms with van der Waals surface area (Å²) in [7, 11) is 0. The van der Waals surface area contributed by atoms with Gasteiger partial charge in [-0.1, -0.05) is 43.7 Å². The first-order valence-corrected chi connectivity index (χ1v) is 8.84. The van der Waals surface area contributed by atoms with Crippen molar-refractivity contribution in [2.24, 2.45) is 11.8 Å². The highest BCUT2D eigenvalue weighted by Gasteiger charge is 2.40. The van der Waals surface area contributed by atoms with Gasteiger partial charge in [0.1, 0.15) is 0 Å². The molecule has 21 heavy (non-hydrogen) atoms. The summed E-state index contributed by atoms with van der Waals surface area (Å²) in [5.74, 6) is 1.93. The lowest BCUT2D eigenvalue weighted by atomic mass is 9.93. The molecule has 0 aromatic heterocycles. The highest BCUT2D eigenvalue weighted by atomic mass is 15.3. The van der Waals surface area contributed by atoms with Gasteiger partial charge in [0.05, 0.1) is 0 Å². The number of rotatable bonds is 3. The van der Waals surface area contributed by atoms with Crippen LogP contribution in [0.25, 0.3) is 0 Å². The van der Waals surface area contributed by atoms with Crippen molar-refractivity contribution in [3.05, 3.63) is 35.9 Å². The molecule has 114 valence electrons. The van der Waals surface area contributed by atoms with Crippen molar-refractivity contribution < 1.29 is 0 Å². The number of benzene rings is 1. The minimum atomic E-state index is 0.619. The van der Waals surface area contributed by atoms with Crippen molar-refractivity contribution >= 4 is 0 Å². The van der Waals surface area contributed by atoms with Crippen LogP contribution in [-0.4, -0.2) is 42.0 Å². The molecule has 4 rings (SSSR count). The molecule has 2 heteroatoms. The zero-order chi connectivity index (χ0) is 14.2. The average Bonchev–Trinajstić information content (AvgIpc) is 3.22. The van der Waals surface area contributed by atoms with Crippen LogP contribution < -0.4 is 0 Å². The fourth-order valence-corrected chi connectivity index (χ4v) is 4.39. The Kier molecular flexibility index (Phi) is 3.76. The van der Waals surface area contributed by atoms with Gasteiger partial charge in [0.2, 0.25) is 0 Å². The van der Waals surface area contributed by atoms with Crippen LogP contribution in [0.1, 0.15) is 44.2 Å². The van der Waals surface area contributed by atoms with E-state index in [4.69, 9.17) is 0 Å². The maximum Gasteiger partial charge on any atom is 0.0476 e. The van der Waals surface area contributed by atoms with Gasteiger partial charge in [-0.05, 0) is 43.2 Å². The largest absolute Gasteiger partial charge is 0.297 e. The maximum atomic E-state index is 2.82. The van der Waals surface area contributed by atoms with Gasteiger partial charge in [-0.15, -0.1) is 0 Å². The number of nitrogens with zero attached hydrogens (tertiary/aromatic N) is 2. The third-order valence-electron chi connectivity index (χ3n) is 5.97. The Bertz CT molecular complexity index is 472. The first-order valence-electron chi connectivity index (χ1n) is 8.84. The monoisotopic (exact) mass is 284 g/mol. The molecule has 1 saturated carbocycles. The lowest BCUT2D eigenvalue weighted by molar-refractivity contribution is 0.00507. The molecular weight excluding hydrogens is 256 g/mol. The van der Waals surface area contributed by atoms with Crippen molar-refractivity contribution in [2.75, 3.05) is 26.2 Å². The van der Waals surface area contributed by atoms with E-state index in [2.05, 4.69) is 47.1 Å². The Morgan fingerprint density at radius 2 is 1.90 bits per heavy atom. The highest BCUT2D eigenvalue weighted by molar-refractivity contribution is 5.20. The molecule has 1 aromatic rings. The minimum absolute atomic E-state index is 0.619. The van der Waals surface area contributed by atoms with E-state index >= 15 is 0 Å². The van der Waals surface area contributed by atoms with Gasteiger partial charge in [0, 0.05) is 31.7 Å². The quantitative estimate of drug-likeness (QED) is 0.837. The standard InChI is InChI=1S/C19H28N2/c1-15-11-17(15)12-21-13-18-9-5-6-10-20(18)14-19(21)16-7-3-2-4-8-16/h2-4,7-8,15,17-19H,5-6,9-14H2,1H3. The van der Waals surface area contributed by atoms with Crippen molar-refractivity contribution in [1.82, 2.24) is 9.80 Å². The van der Waals surface area contributed by atoms with E-state index < -0.39 is 0 Å². The number of fused-ring (bicyclic) bond motifs is 1. The molecule has 2 aliphatic heterocycles. The second-order valence-electron chi connectivity index (χ2n) is 7.50. The number of piperidine rings is 1. The van der Waals surface area contributed by atoms with Gasteiger partial charge < -0.3 is 0 Å². The predicted molar refractivity (Wildman–Crippen MR) is 87.2 cm³/mol. The Morgan fingerprint density at radius 1 is 1.10 bits per heavy atom. The molecule has 0 N–H and O–H groups in total. The molecular formula is C19H28N2. The molecule has 0 spiro atoms. The van der Waals surface area contributed by atoms with E-state index in [0.717, 1.165) is 17.9 Å². The Morgan fingerprint density at radius 3 is 2.67 bits per heavy atom. The van der Waals surface area contributed by atoms with Gasteiger partial charge in [-0.3, -0.25) is 9.80 Å². The molecule has 0 amide bonds. The first kappa shape index (κ1) is 13.8. The first-order chi connectivity index (χ1) is 10.3. The fourth-order valence-electron chi connectivity index (χ4n) is 4.39. The molecule has 1 aromatic carbocycles. The van der Waals surface area contributed by atoms with Crippen LogP contribution in [-0.2, 0) is 0 Å². The van der Waals surface area contributed by atoms with Crippen LogP contribution in [0.4, 0.5) is 0 Å². The second-order valence-corrected chi connectivity index (χ2v) is 7.50. The molecule has 2 nitrogen and oxygen atoms in total. The summed E-state index contributed by atoms with van der Waals surface area (Å²) in [6, 6.07) is 12.7. The number of hydrogen-bond acceptors (Lipinski definition) is 2. The summed E-state index contributed by atoms with van der Waals surface area (Å²) in [6.45, 7) is 7.60. The van der Waals surface area contributed by atoms with E-state index in [1.54, 1.807) is 0 Å². The Balaban J connectivity index is 1.54. The summed E-state index contributed by atoms with van der Waals surface area (Å²) < 4.78 is 0. The summed E-state index contributed by atoms with van der Waals surface area (Å²) in [4.78, 5) is 5.59. The van der Waals surface area contributed by atoms with Crippen LogP contribution in [0.3, 0.4) is 0 Å². The van der Waals surface area contributed by atoms with E-state index in [1.807, 2.05) is 0 Å². The van der Waals surface area contributed by atoms with Crippen molar-refractivity contribution in [2.45, 2.75) is 44.7 Å². The zero-order valence-corrected chi connectivity index (χ0v) is 13.2. The van der Waals surface area contributed by atoms with Gasteiger partial charge in [0.15, 0.2) is 0 Å². The smallest absolute Gasteiger partial charge is 0.0476 e. The summed E-state index contributed by atoms with van der Waals surface area (Å²) in [5.41, 5.74) is 1.52. The lowest BCUT2D eigenvalue weighted by Gasteiger charge is -2.49. The van der Waals surface area contributed by atoms with Crippen molar-refractivity contribution in [3.8, 4) is 0 Å². The van der Waals surface area contributed by atoms with Crippen molar-refractivity contribution in [3.63, 3.8) is 0 Å². The second kappa shape index (κ2) is 5.73. The SMILES string of the molecule is CC1CC1CN1CC2CCCCN2CC1c1ccccc1. The highest BCUT2D eigenvalue weighted by Crippen LogP contribution is 2.41. The minimum Gasteiger partial charge on any atom is -0.297 e. The van der Waals surface area contributed by atoms with Gasteiger partial charge in [-0.2, -0.15) is 0 Å². The van der Waals surface area contributed by atoms with E-state index in [1.165, 1.54) is 57.4 Å². The normalized spacial score (nSPS) is 37.2. The zero-order valence-electron chi connectivity index (χ0n) is 13.2. The third kappa shape index (κ3) is 2.89. The van der Waals surface area contributed by atoms with Crippen LogP contribution in [0.5, 0.6) is 0 Å². The fraction of sp³-hybridized carbons (Fsp3) is 0.684. The summed E-state index contributed by atoms with van der Waals surface area (Å²) in [6.07, 6.45) is 5.70. The summed E-state index contributed by atoms with van der Waals surface area (Å²) >= 11 is 0. The van der Waals surface area contributed by atoms with Gasteiger partial charge >= 0.3 is 0 Å². The Labute approximate surface area is 129 Å². The lowest BCUT2D eigenvalue weighted by Crippen LogP contribution is -2.56. The van der Waals surface area contributed by atoms with Crippen LogP contribution >= 0.6 is 0 Å². The molecule has 4 atom stereocenters.